The maximum Gasteiger partial charge on any atom is 0.258 e. The maximum absolute atomic E-state index is 12.3. The molecule has 0 saturated heterocycles. The number of aromatic nitrogens is 2. The molecule has 1 N–H and O–H groups in total. The Labute approximate surface area is 149 Å². The van der Waals surface area contributed by atoms with Crippen LogP contribution in [0.25, 0.3) is 0 Å². The highest BCUT2D eigenvalue weighted by Gasteiger charge is 2.41. The third-order valence-corrected chi connectivity index (χ3v) is 4.57. The molecule has 24 heavy (non-hydrogen) atoms. The van der Waals surface area contributed by atoms with E-state index >= 15 is 0 Å². The maximum atomic E-state index is 12.3. The predicted molar refractivity (Wildman–Crippen MR) is 89.3 cm³/mol. The minimum absolute atomic E-state index is 0.153. The van der Waals surface area contributed by atoms with Crippen LogP contribution in [0.2, 0.25) is 10.0 Å². The summed E-state index contributed by atoms with van der Waals surface area (Å²) in [5.41, 5.74) is -0.581. The molecule has 3 rings (SSSR count). The number of amides is 1. The molecule has 1 saturated carbocycles. The van der Waals surface area contributed by atoms with Crippen molar-refractivity contribution < 1.29 is 14.1 Å². The van der Waals surface area contributed by atoms with Gasteiger partial charge in [0.25, 0.3) is 5.91 Å². The first-order valence-electron chi connectivity index (χ1n) is 7.68. The monoisotopic (exact) mass is 369 g/mol. The Morgan fingerprint density at radius 1 is 1.38 bits per heavy atom. The Morgan fingerprint density at radius 2 is 2.12 bits per heavy atom. The van der Waals surface area contributed by atoms with Crippen molar-refractivity contribution in [1.29, 1.82) is 0 Å². The first-order valence-corrected chi connectivity index (χ1v) is 8.44. The Balaban J connectivity index is 1.66. The number of benzene rings is 1. The molecular formula is C16H17Cl2N3O3. The van der Waals surface area contributed by atoms with E-state index < -0.39 is 5.54 Å². The lowest BCUT2D eigenvalue weighted by Crippen LogP contribution is -2.46. The van der Waals surface area contributed by atoms with Gasteiger partial charge in [0, 0.05) is 11.9 Å². The highest BCUT2D eigenvalue weighted by atomic mass is 35.5. The van der Waals surface area contributed by atoms with Crippen LogP contribution in [0.3, 0.4) is 0 Å². The van der Waals surface area contributed by atoms with Crippen LogP contribution in [0.15, 0.2) is 22.7 Å². The fourth-order valence-electron chi connectivity index (χ4n) is 2.92. The average molecular weight is 370 g/mol. The molecule has 1 aromatic carbocycles. The van der Waals surface area contributed by atoms with Crippen LogP contribution in [-0.4, -0.2) is 22.7 Å². The second-order valence-corrected chi connectivity index (χ2v) is 6.68. The zero-order valence-electron chi connectivity index (χ0n) is 13.1. The normalized spacial score (nSPS) is 16.1. The molecule has 2 aromatic rings. The van der Waals surface area contributed by atoms with Crippen molar-refractivity contribution in [2.75, 3.05) is 6.61 Å². The molecule has 1 heterocycles. The SMILES string of the molecule is Cc1nc(C2(NC(=O)COc3ccc(Cl)cc3Cl)CCCC2)no1. The van der Waals surface area contributed by atoms with E-state index in [0.717, 1.165) is 25.7 Å². The molecule has 0 spiro atoms. The standard InChI is InChI=1S/C16H17Cl2N3O3/c1-10-19-15(21-24-10)16(6-2-3-7-16)20-14(22)9-23-13-5-4-11(17)8-12(13)18/h4-5,8H,2-3,6-7,9H2,1H3,(H,20,22). The van der Waals surface area contributed by atoms with Crippen molar-refractivity contribution in [3.05, 3.63) is 40.0 Å². The van der Waals surface area contributed by atoms with Crippen LogP contribution in [0.1, 0.15) is 37.4 Å². The van der Waals surface area contributed by atoms with E-state index in [-0.39, 0.29) is 12.5 Å². The first kappa shape index (κ1) is 17.0. The zero-order valence-corrected chi connectivity index (χ0v) is 14.7. The molecule has 6 nitrogen and oxygen atoms in total. The molecule has 0 aliphatic heterocycles. The minimum atomic E-state index is -0.581. The minimum Gasteiger partial charge on any atom is -0.482 e. The van der Waals surface area contributed by atoms with Gasteiger partial charge in [0.2, 0.25) is 5.89 Å². The van der Waals surface area contributed by atoms with Crippen molar-refractivity contribution in [2.45, 2.75) is 38.1 Å². The van der Waals surface area contributed by atoms with Crippen molar-refractivity contribution in [3.63, 3.8) is 0 Å². The van der Waals surface area contributed by atoms with E-state index in [1.54, 1.807) is 25.1 Å². The van der Waals surface area contributed by atoms with Crippen molar-refractivity contribution >= 4 is 29.1 Å². The molecule has 8 heteroatoms. The molecule has 0 atom stereocenters. The number of nitrogens with zero attached hydrogens (tertiary/aromatic N) is 2. The summed E-state index contributed by atoms with van der Waals surface area (Å²) in [6, 6.07) is 4.85. The van der Waals surface area contributed by atoms with Crippen LogP contribution >= 0.6 is 23.2 Å². The summed E-state index contributed by atoms with van der Waals surface area (Å²) in [6.07, 6.45) is 3.55. The van der Waals surface area contributed by atoms with Gasteiger partial charge in [-0.15, -0.1) is 0 Å². The van der Waals surface area contributed by atoms with E-state index in [1.165, 1.54) is 0 Å². The fourth-order valence-corrected chi connectivity index (χ4v) is 3.38. The number of rotatable bonds is 5. The number of carbonyl (C=O) groups is 1. The lowest BCUT2D eigenvalue weighted by molar-refractivity contribution is -0.125. The Morgan fingerprint density at radius 3 is 2.75 bits per heavy atom. The van der Waals surface area contributed by atoms with E-state index in [0.29, 0.717) is 27.5 Å². The number of nitrogens with one attached hydrogen (secondary N) is 1. The molecule has 1 aromatic heterocycles. The van der Waals surface area contributed by atoms with Gasteiger partial charge in [-0.3, -0.25) is 4.79 Å². The summed E-state index contributed by atoms with van der Waals surface area (Å²) in [5.74, 6) is 1.16. The molecule has 1 aliphatic carbocycles. The van der Waals surface area contributed by atoms with E-state index in [4.69, 9.17) is 32.5 Å². The van der Waals surface area contributed by atoms with Gasteiger partial charge >= 0.3 is 0 Å². The second kappa shape index (κ2) is 6.99. The number of hydrogen-bond acceptors (Lipinski definition) is 5. The van der Waals surface area contributed by atoms with Gasteiger partial charge in [-0.1, -0.05) is 41.2 Å². The van der Waals surface area contributed by atoms with Crippen LogP contribution in [0.5, 0.6) is 5.75 Å². The van der Waals surface area contributed by atoms with E-state index in [1.807, 2.05) is 0 Å². The Hall–Kier alpha value is -1.79. The van der Waals surface area contributed by atoms with Crippen LogP contribution in [-0.2, 0) is 10.3 Å². The number of ether oxygens (including phenoxy) is 1. The lowest BCUT2D eigenvalue weighted by Gasteiger charge is -2.26. The van der Waals surface area contributed by atoms with Crippen molar-refractivity contribution in [1.82, 2.24) is 15.5 Å². The smallest absolute Gasteiger partial charge is 0.258 e. The van der Waals surface area contributed by atoms with Gasteiger partial charge in [-0.2, -0.15) is 4.98 Å². The van der Waals surface area contributed by atoms with E-state index in [2.05, 4.69) is 15.5 Å². The topological polar surface area (TPSA) is 77.2 Å². The molecule has 0 bridgehead atoms. The molecule has 1 fully saturated rings. The molecular weight excluding hydrogens is 353 g/mol. The van der Waals surface area contributed by atoms with Crippen LogP contribution < -0.4 is 10.1 Å². The third-order valence-electron chi connectivity index (χ3n) is 4.04. The third kappa shape index (κ3) is 3.65. The summed E-state index contributed by atoms with van der Waals surface area (Å²) in [5, 5.41) is 7.86. The van der Waals surface area contributed by atoms with Gasteiger partial charge in [0.1, 0.15) is 11.3 Å². The quantitative estimate of drug-likeness (QED) is 0.869. The highest BCUT2D eigenvalue weighted by molar-refractivity contribution is 6.35. The van der Waals surface area contributed by atoms with Gasteiger partial charge in [-0.05, 0) is 31.0 Å². The molecule has 128 valence electrons. The molecule has 0 unspecified atom stereocenters. The largest absolute Gasteiger partial charge is 0.482 e. The second-order valence-electron chi connectivity index (χ2n) is 5.84. The molecule has 1 aliphatic rings. The van der Waals surface area contributed by atoms with Gasteiger partial charge in [0.05, 0.1) is 5.02 Å². The number of halogens is 2. The summed E-state index contributed by atoms with van der Waals surface area (Å²) in [4.78, 5) is 16.6. The van der Waals surface area contributed by atoms with Crippen molar-refractivity contribution in [3.8, 4) is 5.75 Å². The number of carbonyl (C=O) groups excluding carboxylic acids is 1. The van der Waals surface area contributed by atoms with Gasteiger partial charge in [0.15, 0.2) is 12.4 Å². The van der Waals surface area contributed by atoms with Crippen LogP contribution in [0, 0.1) is 6.92 Å². The average Bonchev–Trinajstić information content (AvgIpc) is 3.16. The summed E-state index contributed by atoms with van der Waals surface area (Å²) in [7, 11) is 0. The molecule has 1 amide bonds. The first-order chi connectivity index (χ1) is 11.5. The van der Waals surface area contributed by atoms with Gasteiger partial charge < -0.3 is 14.6 Å². The summed E-state index contributed by atoms with van der Waals surface area (Å²) in [6.45, 7) is 1.58. The predicted octanol–water partition coefficient (Wildman–Crippen LogP) is 3.65. The Kier molecular flexibility index (Phi) is 4.96. The van der Waals surface area contributed by atoms with E-state index in [9.17, 15) is 4.79 Å². The zero-order chi connectivity index (χ0) is 17.2. The Bertz CT molecular complexity index is 742. The highest BCUT2D eigenvalue weighted by Crippen LogP contribution is 2.37. The number of aryl methyl sites for hydroxylation is 1. The molecule has 0 radical (unpaired) electrons. The summed E-state index contributed by atoms with van der Waals surface area (Å²) < 4.78 is 10.5. The van der Waals surface area contributed by atoms with Gasteiger partial charge in [-0.25, -0.2) is 0 Å². The van der Waals surface area contributed by atoms with Crippen LogP contribution in [0.4, 0.5) is 0 Å². The van der Waals surface area contributed by atoms with Crippen molar-refractivity contribution in [2.24, 2.45) is 0 Å². The fraction of sp³-hybridized carbons (Fsp3) is 0.438. The summed E-state index contributed by atoms with van der Waals surface area (Å²) >= 11 is 11.9. The number of hydrogen-bond donors (Lipinski definition) is 1. The lowest BCUT2D eigenvalue weighted by atomic mass is 9.96.